The summed E-state index contributed by atoms with van der Waals surface area (Å²) in [4.78, 5) is 50.9. The van der Waals surface area contributed by atoms with E-state index < -0.39 is 29.6 Å². The van der Waals surface area contributed by atoms with Crippen molar-refractivity contribution in [2.75, 3.05) is 5.32 Å². The molecule has 4 amide bonds. The lowest BCUT2D eigenvalue weighted by Crippen LogP contribution is -2.34. The van der Waals surface area contributed by atoms with E-state index in [0.29, 0.717) is 6.20 Å². The molecule has 0 radical (unpaired) electrons. The fourth-order valence-corrected chi connectivity index (χ4v) is 3.59. The third-order valence-electron chi connectivity index (χ3n) is 4.07. The molecule has 2 N–H and O–H groups in total. The Kier molecular flexibility index (Phi) is 10.6. The van der Waals surface area contributed by atoms with Gasteiger partial charge in [0.05, 0.1) is 36.8 Å². The molecule has 0 aliphatic carbocycles. The van der Waals surface area contributed by atoms with Gasteiger partial charge in [-0.1, -0.05) is 58.5 Å². The van der Waals surface area contributed by atoms with Gasteiger partial charge in [0, 0.05) is 6.20 Å². The summed E-state index contributed by atoms with van der Waals surface area (Å²) in [7, 11) is 0. The van der Waals surface area contributed by atoms with Crippen molar-refractivity contribution in [3.63, 3.8) is 0 Å². The fourth-order valence-electron chi connectivity index (χ4n) is 2.46. The van der Waals surface area contributed by atoms with Crippen LogP contribution in [0.1, 0.15) is 26.3 Å². The molecule has 3 rings (SSSR count). The lowest BCUT2D eigenvalue weighted by Gasteiger charge is -2.09. The number of carbonyl (C=O) groups excluding carboxylic acids is 4. The number of rotatable bonds is 3. The van der Waals surface area contributed by atoms with Crippen molar-refractivity contribution in [3.05, 3.63) is 91.5 Å². The Morgan fingerprint density at radius 3 is 1.78 bits per heavy atom. The van der Waals surface area contributed by atoms with Crippen LogP contribution in [0.15, 0.2) is 59.7 Å². The number of isocyanates is 1. The molecule has 0 atom stereocenters. The number of pyridine rings is 1. The largest absolute Gasteiger partial charge is 0.417 e. The molecule has 2 aromatic carbocycles. The highest BCUT2D eigenvalue weighted by atomic mass is 35.5. The first-order chi connectivity index (χ1) is 17.3. The number of aliphatic imine (C=N–C) groups is 1. The number of aromatic nitrogens is 1. The van der Waals surface area contributed by atoms with E-state index >= 15 is 0 Å². The van der Waals surface area contributed by atoms with E-state index in [1.54, 1.807) is 6.07 Å². The van der Waals surface area contributed by atoms with Crippen molar-refractivity contribution in [1.82, 2.24) is 10.3 Å². The monoisotopic (exact) mass is 592 g/mol. The van der Waals surface area contributed by atoms with Gasteiger partial charge in [-0.05, 0) is 36.4 Å². The summed E-state index contributed by atoms with van der Waals surface area (Å²) in [6.07, 6.45) is -2.85. The minimum Gasteiger partial charge on any atom is -0.292 e. The number of imide groups is 1. The summed E-state index contributed by atoms with van der Waals surface area (Å²) in [5, 5.41) is 4.49. The van der Waals surface area contributed by atoms with Crippen molar-refractivity contribution in [1.29, 1.82) is 0 Å². The summed E-state index contributed by atoms with van der Waals surface area (Å²) in [6, 6.07) is 9.62. The second kappa shape index (κ2) is 13.2. The maximum absolute atomic E-state index is 12.4. The van der Waals surface area contributed by atoms with Gasteiger partial charge in [0.1, 0.15) is 5.82 Å². The Bertz CT molecular complexity index is 1340. The number of halogens is 7. The quantitative estimate of drug-likeness (QED) is 0.255. The highest BCUT2D eigenvalue weighted by molar-refractivity contribution is 6.40. The van der Waals surface area contributed by atoms with Gasteiger partial charge in [-0.3, -0.25) is 20.2 Å². The first-order valence-electron chi connectivity index (χ1n) is 9.51. The van der Waals surface area contributed by atoms with Crippen molar-refractivity contribution in [2.24, 2.45) is 4.99 Å². The molecule has 192 valence electrons. The van der Waals surface area contributed by atoms with E-state index in [0.717, 1.165) is 18.2 Å². The van der Waals surface area contributed by atoms with Crippen LogP contribution in [0, 0.1) is 0 Å². The normalized spacial score (nSPS) is 10.4. The van der Waals surface area contributed by atoms with Gasteiger partial charge in [0.2, 0.25) is 6.08 Å². The molecule has 0 saturated heterocycles. The summed E-state index contributed by atoms with van der Waals surface area (Å²) in [5.74, 6) is -1.82. The van der Waals surface area contributed by atoms with E-state index in [1.807, 2.05) is 5.32 Å². The predicted molar refractivity (Wildman–Crippen MR) is 131 cm³/mol. The minimum absolute atomic E-state index is 0.0224. The lowest BCUT2D eigenvalue weighted by atomic mass is 10.2. The molecule has 8 nitrogen and oxygen atoms in total. The van der Waals surface area contributed by atoms with Crippen LogP contribution in [0.4, 0.5) is 23.8 Å². The first kappa shape index (κ1) is 29.8. The summed E-state index contributed by atoms with van der Waals surface area (Å²) in [6.45, 7) is 0. The van der Waals surface area contributed by atoms with Crippen molar-refractivity contribution in [2.45, 2.75) is 6.18 Å². The van der Waals surface area contributed by atoms with Crippen molar-refractivity contribution >= 4 is 76.1 Å². The molecule has 0 bridgehead atoms. The van der Waals surface area contributed by atoms with Crippen molar-refractivity contribution < 1.29 is 32.3 Å². The van der Waals surface area contributed by atoms with Crippen LogP contribution < -0.4 is 10.6 Å². The SMILES string of the molecule is O=C(NC(=O)c1c(Cl)cccc1Cl)Nc1ccc(C(F)(F)F)cn1.O=C=NC(=O)c1c(Cl)cccc1Cl. The lowest BCUT2D eigenvalue weighted by molar-refractivity contribution is -0.137. The number of urea groups is 1. The smallest absolute Gasteiger partial charge is 0.292 e. The first-order valence-corrected chi connectivity index (χ1v) is 11.0. The zero-order valence-electron chi connectivity index (χ0n) is 17.9. The van der Waals surface area contributed by atoms with Gasteiger partial charge in [-0.15, -0.1) is 4.99 Å². The second-order valence-corrected chi connectivity index (χ2v) is 8.17. The molecule has 0 aliphatic heterocycles. The Labute approximate surface area is 226 Å². The summed E-state index contributed by atoms with van der Waals surface area (Å²) >= 11 is 23.0. The minimum atomic E-state index is -4.54. The number of carbonyl (C=O) groups is 3. The van der Waals surface area contributed by atoms with Crippen LogP contribution in [0.3, 0.4) is 0 Å². The number of hydrogen-bond donors (Lipinski definition) is 2. The van der Waals surface area contributed by atoms with Crippen LogP contribution in [0.5, 0.6) is 0 Å². The van der Waals surface area contributed by atoms with Gasteiger partial charge < -0.3 is 0 Å². The van der Waals surface area contributed by atoms with Crippen LogP contribution >= 0.6 is 46.4 Å². The number of alkyl halides is 3. The van der Waals surface area contributed by atoms with Gasteiger partial charge in [-0.2, -0.15) is 13.2 Å². The number of amides is 4. The van der Waals surface area contributed by atoms with E-state index in [9.17, 15) is 32.3 Å². The predicted octanol–water partition coefficient (Wildman–Crippen LogP) is 6.84. The zero-order chi connectivity index (χ0) is 27.8. The second-order valence-electron chi connectivity index (χ2n) is 6.54. The van der Waals surface area contributed by atoms with Gasteiger partial charge >= 0.3 is 12.2 Å². The highest BCUT2D eigenvalue weighted by Crippen LogP contribution is 2.29. The Balaban J connectivity index is 0.000000312. The maximum atomic E-state index is 12.4. The molecular formula is C22H11Cl4F3N4O4. The average molecular weight is 594 g/mol. The molecule has 0 spiro atoms. The molecule has 0 saturated carbocycles. The number of anilines is 1. The molecule has 3 aromatic rings. The topological polar surface area (TPSA) is 118 Å². The molecule has 15 heteroatoms. The molecular weight excluding hydrogens is 583 g/mol. The number of nitrogens with zero attached hydrogens (tertiary/aromatic N) is 2. The van der Waals surface area contributed by atoms with Gasteiger partial charge in [0.15, 0.2) is 0 Å². The third-order valence-corrected chi connectivity index (χ3v) is 5.33. The number of nitrogens with one attached hydrogen (secondary N) is 2. The van der Waals surface area contributed by atoms with Gasteiger partial charge in [0.25, 0.3) is 11.8 Å². The third kappa shape index (κ3) is 8.56. The van der Waals surface area contributed by atoms with Gasteiger partial charge in [-0.25, -0.2) is 14.6 Å². The number of hydrogen-bond acceptors (Lipinski definition) is 5. The highest BCUT2D eigenvalue weighted by Gasteiger charge is 2.30. The molecule has 37 heavy (non-hydrogen) atoms. The molecule has 0 aliphatic rings. The van der Waals surface area contributed by atoms with E-state index in [-0.39, 0.29) is 37.0 Å². The van der Waals surface area contributed by atoms with E-state index in [2.05, 4.69) is 15.3 Å². The van der Waals surface area contributed by atoms with E-state index in [4.69, 9.17) is 46.4 Å². The Hall–Kier alpha value is -3.47. The Morgan fingerprint density at radius 1 is 0.838 bits per heavy atom. The van der Waals surface area contributed by atoms with Crippen LogP contribution in [-0.4, -0.2) is 28.9 Å². The summed E-state index contributed by atoms with van der Waals surface area (Å²) < 4.78 is 37.2. The standard InChI is InChI=1S/C14H8Cl2F3N3O2.C8H3Cl2NO2/c15-8-2-1-3-9(16)11(8)12(23)22-13(24)21-10-5-4-7(6-20-10)14(17,18)19;9-5-2-1-3-6(10)7(5)8(13)11-4-12/h1-6H,(H2,20,21,22,23,24);1-3H. The van der Waals surface area contributed by atoms with E-state index in [1.165, 1.54) is 30.3 Å². The van der Waals surface area contributed by atoms with Crippen LogP contribution in [0.25, 0.3) is 0 Å². The number of benzene rings is 2. The van der Waals surface area contributed by atoms with Crippen LogP contribution in [0.2, 0.25) is 20.1 Å². The molecule has 0 fully saturated rings. The average Bonchev–Trinajstić information content (AvgIpc) is 2.79. The summed E-state index contributed by atoms with van der Waals surface area (Å²) in [5.41, 5.74) is -1.04. The Morgan fingerprint density at radius 2 is 1.35 bits per heavy atom. The van der Waals surface area contributed by atoms with Crippen molar-refractivity contribution in [3.8, 4) is 0 Å². The maximum Gasteiger partial charge on any atom is 0.417 e. The zero-order valence-corrected chi connectivity index (χ0v) is 20.9. The molecule has 1 heterocycles. The fraction of sp³-hybridized carbons (Fsp3) is 0.0455. The molecule has 1 aromatic heterocycles. The molecule has 0 unspecified atom stereocenters. The van der Waals surface area contributed by atoms with Crippen LogP contribution in [-0.2, 0) is 11.0 Å².